The molecule has 0 radical (unpaired) electrons. The summed E-state index contributed by atoms with van der Waals surface area (Å²) < 4.78 is 6.05. The molecule has 1 N–H and O–H groups in total. The first-order chi connectivity index (χ1) is 12.6. The molecule has 0 bridgehead atoms. The number of rotatable bonds is 5. The van der Waals surface area contributed by atoms with Crippen molar-refractivity contribution in [1.82, 2.24) is 4.90 Å². The van der Waals surface area contributed by atoms with E-state index in [9.17, 15) is 9.59 Å². The quantitative estimate of drug-likeness (QED) is 0.186. The zero-order chi connectivity index (χ0) is 19.8. The Balaban J connectivity index is 1.80. The number of amides is 1. The first-order valence-corrected chi connectivity index (χ1v) is 11.9. The minimum Gasteiger partial charge on any atom is -0.480 e. The molecule has 0 saturated carbocycles. The van der Waals surface area contributed by atoms with Gasteiger partial charge in [0.05, 0.1) is 4.91 Å². The summed E-state index contributed by atoms with van der Waals surface area (Å²) in [5.41, 5.74) is 2.13. The van der Waals surface area contributed by atoms with Gasteiger partial charge in [0.2, 0.25) is 0 Å². The first kappa shape index (κ1) is 21.5. The van der Waals surface area contributed by atoms with Gasteiger partial charge in [0.25, 0.3) is 5.91 Å². The van der Waals surface area contributed by atoms with E-state index in [0.717, 1.165) is 22.2 Å². The fraction of sp³-hybridized carbons (Fsp3) is 0.118. The Hall–Kier alpha value is -0.190. The van der Waals surface area contributed by atoms with E-state index in [1.165, 1.54) is 5.56 Å². The van der Waals surface area contributed by atoms with Crippen LogP contribution in [0.15, 0.2) is 45.7 Å². The van der Waals surface area contributed by atoms with Gasteiger partial charge in [-0.25, -0.2) is 0 Å². The van der Waals surface area contributed by atoms with Crippen molar-refractivity contribution >= 4 is 114 Å². The summed E-state index contributed by atoms with van der Waals surface area (Å²) in [6.45, 7) is -0.441. The van der Waals surface area contributed by atoms with E-state index >= 15 is 0 Å². The number of hydrogen-bond donors (Lipinski definition) is 1. The molecular formula is C17H10I3NO4S2. The molecule has 0 unspecified atom stereocenters. The summed E-state index contributed by atoms with van der Waals surface area (Å²) in [5, 5.41) is 8.88. The van der Waals surface area contributed by atoms with Crippen molar-refractivity contribution in [3.05, 3.63) is 52.6 Å². The highest BCUT2D eigenvalue weighted by Gasteiger charge is 2.33. The maximum Gasteiger partial charge on any atom is 0.323 e. The third kappa shape index (κ3) is 5.25. The number of thioether (sulfide) groups is 1. The van der Waals surface area contributed by atoms with Crippen LogP contribution in [-0.4, -0.2) is 32.7 Å². The highest BCUT2D eigenvalue weighted by atomic mass is 127. The summed E-state index contributed by atoms with van der Waals surface area (Å²) in [4.78, 5) is 24.6. The zero-order valence-electron chi connectivity index (χ0n) is 13.3. The number of nitrogens with zero attached hydrogens (tertiary/aromatic N) is 1. The lowest BCUT2D eigenvalue weighted by Crippen LogP contribution is -2.33. The van der Waals surface area contributed by atoms with E-state index in [0.29, 0.717) is 16.4 Å². The van der Waals surface area contributed by atoms with Gasteiger partial charge in [-0.15, -0.1) is 0 Å². The molecule has 1 aromatic heterocycles. The van der Waals surface area contributed by atoms with Crippen LogP contribution in [0.3, 0.4) is 0 Å². The highest BCUT2D eigenvalue weighted by Crippen LogP contribution is 2.46. The number of carboxylic acid groups (broad SMARTS) is 1. The second-order valence-electron chi connectivity index (χ2n) is 5.44. The standard InChI is InChI=1S/C17H10I3NO4S2/c18-17(19,20)10-3-1-9(2-4-10)12-6-5-11(25-12)7-13-15(24)21(8-14(22)23)16(26)27-13/h1-7H,8H2,(H,22,23)/b13-7-. The third-order valence-electron chi connectivity index (χ3n) is 3.56. The Labute approximate surface area is 205 Å². The molecule has 0 atom stereocenters. The highest BCUT2D eigenvalue weighted by molar-refractivity contribution is 14.3. The number of carbonyl (C=O) groups is 2. The van der Waals surface area contributed by atoms with E-state index in [1.807, 2.05) is 18.2 Å². The predicted octanol–water partition coefficient (Wildman–Crippen LogP) is 5.65. The SMILES string of the molecule is O=C(O)CN1C(=O)/C(=C/c2ccc(-c3ccc(C(I)(I)I)cc3)o2)SC1=S. The number of benzene rings is 1. The normalized spacial score (nSPS) is 16.4. The summed E-state index contributed by atoms with van der Waals surface area (Å²) in [7, 11) is 0. The fourth-order valence-corrected chi connectivity index (χ4v) is 4.62. The van der Waals surface area contributed by atoms with Crippen molar-refractivity contribution in [2.24, 2.45) is 0 Å². The molecule has 2 heterocycles. The van der Waals surface area contributed by atoms with Gasteiger partial charge in [-0.3, -0.25) is 14.5 Å². The van der Waals surface area contributed by atoms with Crippen LogP contribution < -0.4 is 0 Å². The zero-order valence-corrected chi connectivity index (χ0v) is 21.4. The minimum atomic E-state index is -1.11. The maximum absolute atomic E-state index is 12.3. The molecule has 1 aromatic carbocycles. The van der Waals surface area contributed by atoms with Crippen LogP contribution in [0.1, 0.15) is 11.3 Å². The Morgan fingerprint density at radius 1 is 1.22 bits per heavy atom. The Bertz CT molecular complexity index is 948. The number of furan rings is 1. The molecule has 1 saturated heterocycles. The van der Waals surface area contributed by atoms with Gasteiger partial charge in [-0.1, -0.05) is 48.2 Å². The molecule has 27 heavy (non-hydrogen) atoms. The van der Waals surface area contributed by atoms with Gasteiger partial charge in [0.15, 0.2) is 0 Å². The number of aliphatic carboxylic acids is 1. The summed E-state index contributed by atoms with van der Waals surface area (Å²) in [5.74, 6) is -0.326. The predicted molar refractivity (Wildman–Crippen MR) is 135 cm³/mol. The van der Waals surface area contributed by atoms with Crippen molar-refractivity contribution in [1.29, 1.82) is 0 Å². The molecule has 1 fully saturated rings. The van der Waals surface area contributed by atoms with Crippen LogP contribution in [0.4, 0.5) is 0 Å². The van der Waals surface area contributed by atoms with Gasteiger partial charge >= 0.3 is 5.97 Å². The average molecular weight is 737 g/mol. The Kier molecular flexibility index (Phi) is 6.91. The van der Waals surface area contributed by atoms with Crippen LogP contribution >= 0.6 is 91.8 Å². The number of halogens is 3. The van der Waals surface area contributed by atoms with E-state index in [2.05, 4.69) is 79.9 Å². The molecule has 140 valence electrons. The lowest BCUT2D eigenvalue weighted by atomic mass is 10.1. The topological polar surface area (TPSA) is 70.8 Å². The lowest BCUT2D eigenvalue weighted by Gasteiger charge is -2.12. The molecular weight excluding hydrogens is 727 g/mol. The van der Waals surface area contributed by atoms with Crippen LogP contribution in [0, 0.1) is 0 Å². The van der Waals surface area contributed by atoms with Crippen molar-refractivity contribution in [3.8, 4) is 11.3 Å². The molecule has 3 rings (SSSR count). The van der Waals surface area contributed by atoms with Crippen LogP contribution in [0.25, 0.3) is 17.4 Å². The molecule has 2 aromatic rings. The average Bonchev–Trinajstić information content (AvgIpc) is 3.15. The Morgan fingerprint density at radius 2 is 1.89 bits per heavy atom. The second-order valence-corrected chi connectivity index (χ2v) is 18.2. The van der Waals surface area contributed by atoms with Gasteiger partial charge in [-0.2, -0.15) is 0 Å². The smallest absolute Gasteiger partial charge is 0.323 e. The molecule has 1 amide bonds. The minimum absolute atomic E-state index is 0.00907. The third-order valence-corrected chi connectivity index (χ3v) is 6.81. The summed E-state index contributed by atoms with van der Waals surface area (Å²) in [6, 6.07) is 11.7. The van der Waals surface area contributed by atoms with Crippen LogP contribution in [0.5, 0.6) is 0 Å². The van der Waals surface area contributed by atoms with E-state index in [1.54, 1.807) is 12.1 Å². The lowest BCUT2D eigenvalue weighted by molar-refractivity contribution is -0.140. The van der Waals surface area contributed by atoms with Crippen molar-refractivity contribution < 1.29 is 19.1 Å². The second kappa shape index (κ2) is 8.67. The molecule has 5 nitrogen and oxygen atoms in total. The van der Waals surface area contributed by atoms with E-state index in [-0.39, 0.29) is 3.76 Å². The Morgan fingerprint density at radius 3 is 2.48 bits per heavy atom. The molecule has 1 aliphatic heterocycles. The molecule has 0 aliphatic carbocycles. The molecule has 1 aliphatic rings. The number of thiocarbonyl (C=S) groups is 1. The number of carboxylic acids is 1. The number of hydrogen-bond acceptors (Lipinski definition) is 5. The number of alkyl halides is 3. The van der Waals surface area contributed by atoms with Gasteiger partial charge in [-0.05, 0) is 85.5 Å². The van der Waals surface area contributed by atoms with E-state index < -0.39 is 18.4 Å². The van der Waals surface area contributed by atoms with Crippen molar-refractivity contribution in [3.63, 3.8) is 0 Å². The van der Waals surface area contributed by atoms with Gasteiger partial charge < -0.3 is 9.52 Å². The monoisotopic (exact) mass is 737 g/mol. The van der Waals surface area contributed by atoms with Gasteiger partial charge in [0.1, 0.15) is 21.8 Å². The summed E-state index contributed by atoms with van der Waals surface area (Å²) >= 11 is 13.3. The fourth-order valence-electron chi connectivity index (χ4n) is 2.31. The van der Waals surface area contributed by atoms with Crippen molar-refractivity contribution in [2.45, 2.75) is -0.565 Å². The van der Waals surface area contributed by atoms with Crippen molar-refractivity contribution in [2.75, 3.05) is 6.54 Å². The first-order valence-electron chi connectivity index (χ1n) is 7.40. The molecule has 0 spiro atoms. The van der Waals surface area contributed by atoms with Crippen LogP contribution in [0.2, 0.25) is 0 Å². The summed E-state index contributed by atoms with van der Waals surface area (Å²) in [6.07, 6.45) is 1.59. The molecule has 10 heteroatoms. The van der Waals surface area contributed by atoms with E-state index in [4.69, 9.17) is 21.7 Å². The van der Waals surface area contributed by atoms with Gasteiger partial charge in [0, 0.05) is 11.6 Å². The maximum atomic E-state index is 12.3. The van der Waals surface area contributed by atoms with Crippen LogP contribution in [-0.2, 0) is 9.02 Å². The number of carbonyl (C=O) groups excluding carboxylic acids is 1. The largest absolute Gasteiger partial charge is 0.480 e.